The second-order valence-electron chi connectivity index (χ2n) is 4.67. The largest absolute Gasteiger partial charge is 0.480 e. The molecule has 0 spiro atoms. The van der Waals surface area contributed by atoms with Crippen molar-refractivity contribution in [3.05, 3.63) is 36.0 Å². The van der Waals surface area contributed by atoms with E-state index in [4.69, 9.17) is 15.9 Å². The number of carbonyl (C=O) groups is 2. The molecule has 1 aromatic carbocycles. The third-order valence-electron chi connectivity index (χ3n) is 2.90. The molecule has 0 saturated heterocycles. The second kappa shape index (κ2) is 8.81. The van der Waals surface area contributed by atoms with Gasteiger partial charge in [0.25, 0.3) is 0 Å². The van der Waals surface area contributed by atoms with E-state index in [2.05, 4.69) is 10.3 Å². The number of aliphatic carboxylic acids is 1. The minimum Gasteiger partial charge on any atom is -0.480 e. The standard InChI is InChI=1S/C13H14N2O3.C2H7NO/c1-8(16)15-12(13(17)18)6-9-7-14-11-5-3-2-4-10(9)11;3-1-2-4/h2-5,7,12,14H,6H2,1H3,(H,15,16)(H,17,18);4H,1-3H2/t12-;/m0./s1. The van der Waals surface area contributed by atoms with Gasteiger partial charge in [-0.1, -0.05) is 18.2 Å². The summed E-state index contributed by atoms with van der Waals surface area (Å²) in [6, 6.07) is 6.75. The van der Waals surface area contributed by atoms with Crippen molar-refractivity contribution in [2.24, 2.45) is 5.73 Å². The van der Waals surface area contributed by atoms with E-state index in [1.807, 2.05) is 24.3 Å². The number of nitrogens with two attached hydrogens (primary N) is 1. The zero-order valence-corrected chi connectivity index (χ0v) is 12.4. The number of carboxylic acid groups (broad SMARTS) is 1. The van der Waals surface area contributed by atoms with Crippen LogP contribution in [-0.4, -0.2) is 46.3 Å². The van der Waals surface area contributed by atoms with Gasteiger partial charge in [0.15, 0.2) is 0 Å². The molecule has 0 aliphatic heterocycles. The molecule has 120 valence electrons. The first-order valence-corrected chi connectivity index (χ1v) is 6.85. The van der Waals surface area contributed by atoms with Gasteiger partial charge in [0.05, 0.1) is 6.61 Å². The van der Waals surface area contributed by atoms with Crippen LogP contribution in [0.5, 0.6) is 0 Å². The molecule has 1 atom stereocenters. The maximum absolute atomic E-state index is 11.1. The van der Waals surface area contributed by atoms with Crippen molar-refractivity contribution in [1.82, 2.24) is 10.3 Å². The van der Waals surface area contributed by atoms with E-state index >= 15 is 0 Å². The number of aromatic nitrogens is 1. The van der Waals surface area contributed by atoms with E-state index in [0.29, 0.717) is 6.54 Å². The van der Waals surface area contributed by atoms with Crippen LogP contribution in [0.15, 0.2) is 30.5 Å². The van der Waals surface area contributed by atoms with Gasteiger partial charge in [-0.3, -0.25) is 4.79 Å². The van der Waals surface area contributed by atoms with Crippen molar-refractivity contribution in [3.63, 3.8) is 0 Å². The van der Waals surface area contributed by atoms with Gasteiger partial charge >= 0.3 is 5.97 Å². The molecule has 2 aromatic rings. The molecule has 1 aromatic heterocycles. The normalized spacial score (nSPS) is 11.4. The van der Waals surface area contributed by atoms with E-state index in [9.17, 15) is 9.59 Å². The number of H-pyrrole nitrogens is 1. The molecule has 2 rings (SSSR count). The Morgan fingerprint density at radius 2 is 2.00 bits per heavy atom. The van der Waals surface area contributed by atoms with Crippen LogP contribution >= 0.6 is 0 Å². The molecule has 6 N–H and O–H groups in total. The Balaban J connectivity index is 0.000000541. The van der Waals surface area contributed by atoms with Crippen LogP contribution in [0.25, 0.3) is 10.9 Å². The van der Waals surface area contributed by atoms with Gasteiger partial charge < -0.3 is 26.2 Å². The first kappa shape index (κ1) is 17.7. The van der Waals surface area contributed by atoms with Crippen LogP contribution in [-0.2, 0) is 16.0 Å². The van der Waals surface area contributed by atoms with Crippen LogP contribution in [0.2, 0.25) is 0 Å². The zero-order chi connectivity index (χ0) is 16.5. The number of hydrogen-bond donors (Lipinski definition) is 5. The molecule has 0 aliphatic carbocycles. The third kappa shape index (κ3) is 5.19. The minimum atomic E-state index is -1.03. The van der Waals surface area contributed by atoms with Crippen molar-refractivity contribution in [2.75, 3.05) is 13.2 Å². The summed E-state index contributed by atoms with van der Waals surface area (Å²) in [5.74, 6) is -1.38. The molecular formula is C15H21N3O4. The lowest BCUT2D eigenvalue weighted by Crippen LogP contribution is -2.41. The molecule has 1 amide bonds. The molecule has 0 fully saturated rings. The summed E-state index contributed by atoms with van der Waals surface area (Å²) in [6.07, 6.45) is 2.04. The van der Waals surface area contributed by atoms with Crippen LogP contribution in [0.4, 0.5) is 0 Å². The number of carboxylic acids is 1. The number of rotatable bonds is 5. The SMILES string of the molecule is CC(=O)N[C@@H](Cc1c[nH]c2ccccc12)C(=O)O.NCCO. The van der Waals surface area contributed by atoms with Crippen molar-refractivity contribution in [2.45, 2.75) is 19.4 Å². The van der Waals surface area contributed by atoms with Gasteiger partial charge in [0, 0.05) is 37.0 Å². The topological polar surface area (TPSA) is 128 Å². The Hall–Kier alpha value is -2.38. The molecule has 1 heterocycles. The van der Waals surface area contributed by atoms with E-state index in [1.165, 1.54) is 6.92 Å². The summed E-state index contributed by atoms with van der Waals surface area (Å²) < 4.78 is 0. The number of aliphatic hydroxyl groups excluding tert-OH is 1. The van der Waals surface area contributed by atoms with Crippen LogP contribution in [0, 0.1) is 0 Å². The predicted molar refractivity (Wildman–Crippen MR) is 83.4 cm³/mol. The van der Waals surface area contributed by atoms with Crippen LogP contribution in [0.3, 0.4) is 0 Å². The van der Waals surface area contributed by atoms with Crippen molar-refractivity contribution in [3.8, 4) is 0 Å². The van der Waals surface area contributed by atoms with E-state index in [0.717, 1.165) is 16.5 Å². The summed E-state index contributed by atoms with van der Waals surface area (Å²) in [5, 5.41) is 20.2. The Labute approximate surface area is 128 Å². The minimum absolute atomic E-state index is 0.0972. The van der Waals surface area contributed by atoms with Crippen LogP contribution in [0.1, 0.15) is 12.5 Å². The fourth-order valence-electron chi connectivity index (χ4n) is 1.97. The van der Waals surface area contributed by atoms with Crippen molar-refractivity contribution >= 4 is 22.8 Å². The Kier molecular flexibility index (Phi) is 7.07. The lowest BCUT2D eigenvalue weighted by atomic mass is 10.1. The molecule has 0 saturated carbocycles. The highest BCUT2D eigenvalue weighted by molar-refractivity contribution is 5.86. The van der Waals surface area contributed by atoms with Crippen molar-refractivity contribution in [1.29, 1.82) is 0 Å². The maximum Gasteiger partial charge on any atom is 0.326 e. The number of aromatic amines is 1. The first-order valence-electron chi connectivity index (χ1n) is 6.85. The summed E-state index contributed by atoms with van der Waals surface area (Å²) in [5.41, 5.74) is 6.62. The highest BCUT2D eigenvalue weighted by atomic mass is 16.4. The molecule has 0 aliphatic rings. The highest BCUT2D eigenvalue weighted by Gasteiger charge is 2.20. The number of fused-ring (bicyclic) bond motifs is 1. The third-order valence-corrected chi connectivity index (χ3v) is 2.90. The van der Waals surface area contributed by atoms with Crippen LogP contribution < -0.4 is 11.1 Å². The molecule has 0 radical (unpaired) electrons. The van der Waals surface area contributed by atoms with Gasteiger partial charge in [0.2, 0.25) is 5.91 Å². The van der Waals surface area contributed by atoms with Gasteiger partial charge in [-0.05, 0) is 11.6 Å². The number of para-hydroxylation sites is 1. The predicted octanol–water partition coefficient (Wildman–Crippen LogP) is 0.237. The molecule has 0 bridgehead atoms. The number of aliphatic hydroxyl groups is 1. The molecular weight excluding hydrogens is 286 g/mol. The van der Waals surface area contributed by atoms with Gasteiger partial charge in [-0.2, -0.15) is 0 Å². The summed E-state index contributed by atoms with van der Waals surface area (Å²) in [7, 11) is 0. The first-order chi connectivity index (χ1) is 10.5. The van der Waals surface area contributed by atoms with E-state index in [-0.39, 0.29) is 18.9 Å². The Bertz CT molecular complexity index is 622. The lowest BCUT2D eigenvalue weighted by molar-refractivity contribution is -0.141. The number of benzene rings is 1. The highest BCUT2D eigenvalue weighted by Crippen LogP contribution is 2.19. The number of hydrogen-bond acceptors (Lipinski definition) is 4. The van der Waals surface area contributed by atoms with Gasteiger partial charge in [-0.15, -0.1) is 0 Å². The monoisotopic (exact) mass is 307 g/mol. The molecule has 22 heavy (non-hydrogen) atoms. The second-order valence-corrected chi connectivity index (χ2v) is 4.67. The van der Waals surface area contributed by atoms with E-state index < -0.39 is 12.0 Å². The fraction of sp³-hybridized carbons (Fsp3) is 0.333. The average molecular weight is 307 g/mol. The quantitative estimate of drug-likeness (QED) is 0.540. The Morgan fingerprint density at radius 3 is 2.55 bits per heavy atom. The summed E-state index contributed by atoms with van der Waals surface area (Å²) in [4.78, 5) is 25.1. The average Bonchev–Trinajstić information content (AvgIpc) is 2.90. The number of nitrogens with one attached hydrogen (secondary N) is 2. The molecule has 0 unspecified atom stereocenters. The number of amides is 1. The van der Waals surface area contributed by atoms with Gasteiger partial charge in [0.1, 0.15) is 6.04 Å². The zero-order valence-electron chi connectivity index (χ0n) is 12.4. The number of carbonyl (C=O) groups excluding carboxylic acids is 1. The fourth-order valence-corrected chi connectivity index (χ4v) is 1.97. The van der Waals surface area contributed by atoms with E-state index in [1.54, 1.807) is 6.20 Å². The lowest BCUT2D eigenvalue weighted by Gasteiger charge is -2.12. The van der Waals surface area contributed by atoms with Gasteiger partial charge in [-0.25, -0.2) is 4.79 Å². The Morgan fingerprint density at radius 1 is 1.36 bits per heavy atom. The maximum atomic E-state index is 11.1. The summed E-state index contributed by atoms with van der Waals surface area (Å²) >= 11 is 0. The smallest absolute Gasteiger partial charge is 0.326 e. The molecule has 7 nitrogen and oxygen atoms in total. The summed E-state index contributed by atoms with van der Waals surface area (Å²) in [6.45, 7) is 1.78. The molecule has 7 heteroatoms. The van der Waals surface area contributed by atoms with Crippen molar-refractivity contribution < 1.29 is 19.8 Å².